The van der Waals surface area contributed by atoms with Crippen molar-refractivity contribution < 1.29 is 23.1 Å². The summed E-state index contributed by atoms with van der Waals surface area (Å²) in [5.41, 5.74) is -0.839. The number of carbonyl (C=O) groups is 2. The quantitative estimate of drug-likeness (QED) is 0.497. The predicted molar refractivity (Wildman–Crippen MR) is 113 cm³/mol. The molecule has 1 aliphatic carbocycles. The third kappa shape index (κ3) is 4.89. The van der Waals surface area contributed by atoms with Gasteiger partial charge >= 0.3 is 6.03 Å². The Bertz CT molecular complexity index is 962. The van der Waals surface area contributed by atoms with Crippen molar-refractivity contribution in [1.82, 2.24) is 10.0 Å². The van der Waals surface area contributed by atoms with E-state index in [1.807, 2.05) is 0 Å². The normalized spacial score (nSPS) is 21.1. The summed E-state index contributed by atoms with van der Waals surface area (Å²) in [4.78, 5) is 24.8. The van der Waals surface area contributed by atoms with Crippen LogP contribution in [0.1, 0.15) is 25.7 Å². The minimum atomic E-state index is -4.06. The van der Waals surface area contributed by atoms with Gasteiger partial charge in [-0.2, -0.15) is 0 Å². The maximum Gasteiger partial charge on any atom is 0.323 e. The van der Waals surface area contributed by atoms with Crippen molar-refractivity contribution in [3.05, 3.63) is 39.3 Å². The topological polar surface area (TPSA) is 125 Å². The first-order chi connectivity index (χ1) is 13.7. The van der Waals surface area contributed by atoms with Crippen LogP contribution in [0.3, 0.4) is 0 Å². The Morgan fingerprint density at radius 2 is 1.93 bits per heavy atom. The molecule has 1 atom stereocenters. The maximum atomic E-state index is 12.7. The molecular weight excluding hydrogens is 461 g/mol. The molecule has 12 heteroatoms. The molecule has 0 spiro atoms. The van der Waals surface area contributed by atoms with E-state index in [9.17, 15) is 23.1 Å². The molecule has 1 aromatic rings. The molecule has 1 aromatic carbocycles. The summed E-state index contributed by atoms with van der Waals surface area (Å²) < 4.78 is 26.5. The third-order valence-corrected chi connectivity index (χ3v) is 8.98. The summed E-state index contributed by atoms with van der Waals surface area (Å²) in [6.07, 6.45) is 2.61. The molecule has 1 saturated carbocycles. The highest BCUT2D eigenvalue weighted by Crippen LogP contribution is 2.35. The van der Waals surface area contributed by atoms with Crippen molar-refractivity contribution in [2.24, 2.45) is 0 Å². The van der Waals surface area contributed by atoms with Crippen LogP contribution in [0.25, 0.3) is 0 Å². The standard InChI is InChI=1S/C17H19Cl2N3O5S2/c18-10-4-3-5-11(13(10)19)20-16(25)21-12-8-28-15(14(12)24)29(26,27)22-17(9-23)6-1-2-7-17/h3-5,8,15,22-23H,1-2,6-7,9H2,(H2,20,21,25). The van der Waals surface area contributed by atoms with Crippen molar-refractivity contribution >= 4 is 62.5 Å². The largest absolute Gasteiger partial charge is 0.394 e. The molecule has 1 heterocycles. The summed E-state index contributed by atoms with van der Waals surface area (Å²) in [6.45, 7) is -0.334. The van der Waals surface area contributed by atoms with Gasteiger partial charge in [-0.15, -0.1) is 11.8 Å². The molecule has 0 bridgehead atoms. The van der Waals surface area contributed by atoms with E-state index in [0.717, 1.165) is 24.6 Å². The summed E-state index contributed by atoms with van der Waals surface area (Å²) >= 11 is 12.7. The number of allylic oxidation sites excluding steroid dienone is 1. The number of halogens is 2. The number of amides is 2. The Balaban J connectivity index is 1.64. The van der Waals surface area contributed by atoms with Gasteiger partial charge in [0.15, 0.2) is 4.58 Å². The van der Waals surface area contributed by atoms with Crippen molar-refractivity contribution in [3.8, 4) is 0 Å². The average Bonchev–Trinajstić information content (AvgIpc) is 3.27. The lowest BCUT2D eigenvalue weighted by Crippen LogP contribution is -2.52. The lowest BCUT2D eigenvalue weighted by atomic mass is 10.0. The first-order valence-electron chi connectivity index (χ1n) is 8.73. The van der Waals surface area contributed by atoms with Crippen LogP contribution in [-0.2, 0) is 14.8 Å². The van der Waals surface area contributed by atoms with E-state index >= 15 is 0 Å². The van der Waals surface area contributed by atoms with Gasteiger partial charge in [0.25, 0.3) is 0 Å². The molecular formula is C17H19Cl2N3O5S2. The average molecular weight is 480 g/mol. The van der Waals surface area contributed by atoms with Crippen LogP contribution in [0.15, 0.2) is 29.3 Å². The van der Waals surface area contributed by atoms with Gasteiger partial charge in [-0.25, -0.2) is 17.9 Å². The smallest absolute Gasteiger partial charge is 0.323 e. The highest BCUT2D eigenvalue weighted by Gasteiger charge is 2.45. The number of thioether (sulfide) groups is 1. The van der Waals surface area contributed by atoms with Gasteiger partial charge in [-0.05, 0) is 25.0 Å². The number of hydrogen-bond acceptors (Lipinski definition) is 6. The van der Waals surface area contributed by atoms with Crippen molar-refractivity contribution in [3.63, 3.8) is 0 Å². The zero-order chi connectivity index (χ0) is 21.2. The van der Waals surface area contributed by atoms with Gasteiger partial charge in [0.2, 0.25) is 15.8 Å². The molecule has 1 fully saturated rings. The van der Waals surface area contributed by atoms with Crippen molar-refractivity contribution in [1.29, 1.82) is 0 Å². The fourth-order valence-corrected chi connectivity index (χ4v) is 6.57. The molecule has 158 valence electrons. The molecule has 29 heavy (non-hydrogen) atoms. The molecule has 1 unspecified atom stereocenters. The van der Waals surface area contributed by atoms with E-state index in [0.29, 0.717) is 12.8 Å². The van der Waals surface area contributed by atoms with Gasteiger partial charge in [-0.3, -0.25) is 4.79 Å². The van der Waals surface area contributed by atoms with Crippen molar-refractivity contribution in [2.75, 3.05) is 11.9 Å². The van der Waals surface area contributed by atoms with Gasteiger partial charge in [-0.1, -0.05) is 42.1 Å². The first kappa shape index (κ1) is 22.4. The zero-order valence-corrected chi connectivity index (χ0v) is 18.2. The number of rotatable bonds is 6. The number of anilines is 1. The number of aliphatic hydroxyl groups is 1. The molecule has 3 rings (SSSR count). The van der Waals surface area contributed by atoms with E-state index in [-0.39, 0.29) is 28.0 Å². The summed E-state index contributed by atoms with van der Waals surface area (Å²) in [6, 6.07) is 3.91. The van der Waals surface area contributed by atoms with Crippen LogP contribution in [0.2, 0.25) is 10.0 Å². The van der Waals surface area contributed by atoms with Crippen LogP contribution < -0.4 is 15.4 Å². The molecule has 4 N–H and O–H groups in total. The number of sulfonamides is 1. The van der Waals surface area contributed by atoms with E-state index in [2.05, 4.69) is 15.4 Å². The Morgan fingerprint density at radius 3 is 2.59 bits per heavy atom. The summed E-state index contributed by atoms with van der Waals surface area (Å²) in [5, 5.41) is 16.1. The van der Waals surface area contributed by atoms with E-state index in [1.165, 1.54) is 11.5 Å². The Hall–Kier alpha value is -1.30. The van der Waals surface area contributed by atoms with Gasteiger partial charge in [0.1, 0.15) is 0 Å². The van der Waals surface area contributed by atoms with E-state index < -0.39 is 32.0 Å². The second-order valence-electron chi connectivity index (χ2n) is 6.84. The Kier molecular flexibility index (Phi) is 6.81. The monoisotopic (exact) mass is 479 g/mol. The molecule has 0 aromatic heterocycles. The minimum Gasteiger partial charge on any atom is -0.394 e. The van der Waals surface area contributed by atoms with Crippen LogP contribution >= 0.6 is 35.0 Å². The predicted octanol–water partition coefficient (Wildman–Crippen LogP) is 2.82. The number of carbonyl (C=O) groups excluding carboxylic acids is 2. The lowest BCUT2D eigenvalue weighted by Gasteiger charge is -2.28. The SMILES string of the molecule is O=C(NC1=CSC(S(=O)(=O)NC2(CO)CCCC2)C1=O)Nc1cccc(Cl)c1Cl. The van der Waals surface area contributed by atoms with E-state index in [1.54, 1.807) is 12.1 Å². The fourth-order valence-electron chi connectivity index (χ4n) is 3.26. The molecule has 1 aliphatic heterocycles. The number of Topliss-reactive ketones (excluding diaryl/α,β-unsaturated/α-hetero) is 1. The van der Waals surface area contributed by atoms with Crippen LogP contribution in [0.5, 0.6) is 0 Å². The molecule has 2 amide bonds. The fraction of sp³-hybridized carbons (Fsp3) is 0.412. The van der Waals surface area contributed by atoms with Gasteiger partial charge in [0, 0.05) is 5.41 Å². The molecule has 8 nitrogen and oxygen atoms in total. The highest BCUT2D eigenvalue weighted by atomic mass is 35.5. The van der Waals surface area contributed by atoms with Crippen LogP contribution in [0, 0.1) is 0 Å². The molecule has 0 saturated heterocycles. The van der Waals surface area contributed by atoms with Gasteiger partial charge in [0.05, 0.1) is 33.6 Å². The first-order valence-corrected chi connectivity index (χ1v) is 12.0. The number of hydrogen-bond donors (Lipinski definition) is 4. The lowest BCUT2D eigenvalue weighted by molar-refractivity contribution is -0.114. The summed E-state index contributed by atoms with van der Waals surface area (Å²) in [7, 11) is -4.06. The van der Waals surface area contributed by atoms with Gasteiger partial charge < -0.3 is 15.7 Å². The second-order valence-corrected chi connectivity index (χ2v) is 10.7. The van der Waals surface area contributed by atoms with Crippen LogP contribution in [-0.4, -0.2) is 42.1 Å². The minimum absolute atomic E-state index is 0.140. The number of urea groups is 1. The Labute approximate surface area is 182 Å². The summed E-state index contributed by atoms with van der Waals surface area (Å²) in [5.74, 6) is -0.749. The third-order valence-electron chi connectivity index (χ3n) is 4.74. The van der Waals surface area contributed by atoms with E-state index in [4.69, 9.17) is 23.2 Å². The highest BCUT2D eigenvalue weighted by molar-refractivity contribution is 8.16. The second kappa shape index (κ2) is 8.83. The molecule has 2 aliphatic rings. The Morgan fingerprint density at radius 1 is 1.24 bits per heavy atom. The molecule has 0 radical (unpaired) electrons. The number of nitrogens with one attached hydrogen (secondary N) is 3. The number of benzene rings is 1. The van der Waals surface area contributed by atoms with Crippen molar-refractivity contribution in [2.45, 2.75) is 35.8 Å². The zero-order valence-electron chi connectivity index (χ0n) is 15.1. The van der Waals surface area contributed by atoms with Crippen LogP contribution in [0.4, 0.5) is 10.5 Å². The number of ketones is 1. The number of aliphatic hydroxyl groups excluding tert-OH is 1. The maximum absolute atomic E-state index is 12.7.